The van der Waals surface area contributed by atoms with Gasteiger partial charge in [0.2, 0.25) is 0 Å². The minimum atomic E-state index is -0.572. The third kappa shape index (κ3) is 2.33. The molecule has 3 heteroatoms. The van der Waals surface area contributed by atoms with Gasteiger partial charge in [-0.25, -0.2) is 0 Å². The van der Waals surface area contributed by atoms with Crippen molar-refractivity contribution in [2.24, 2.45) is 0 Å². The first-order chi connectivity index (χ1) is 7.07. The Balaban J connectivity index is 3.10. The molecule has 0 N–H and O–H groups in total. The molecule has 0 bridgehead atoms. The molecular weight excluding hydrogens is 195 g/mol. The zero-order chi connectivity index (χ0) is 11.5. The van der Waals surface area contributed by atoms with Crippen molar-refractivity contribution < 1.29 is 13.5 Å². The van der Waals surface area contributed by atoms with Crippen molar-refractivity contribution in [3.8, 4) is 5.95 Å². The lowest BCUT2D eigenvalue weighted by Crippen LogP contribution is -2.20. The molecule has 15 heavy (non-hydrogen) atoms. The highest BCUT2D eigenvalue weighted by atomic mass is 19.1. The highest BCUT2D eigenvalue weighted by Gasteiger charge is 2.30. The quantitative estimate of drug-likeness (QED) is 0.741. The summed E-state index contributed by atoms with van der Waals surface area (Å²) in [6.07, 6.45) is 3.00. The Hall–Kier alpha value is -0.990. The summed E-state index contributed by atoms with van der Waals surface area (Å²) >= 11 is 0. The average molecular weight is 214 g/mol. The van der Waals surface area contributed by atoms with Crippen LogP contribution in [0.4, 0.5) is 4.39 Å². The fourth-order valence-electron chi connectivity index (χ4n) is 1.97. The first-order valence-corrected chi connectivity index (χ1v) is 5.41. The summed E-state index contributed by atoms with van der Waals surface area (Å²) < 4.78 is 23.0. The maximum Gasteiger partial charge on any atom is 0.290 e. The van der Waals surface area contributed by atoms with Gasteiger partial charge in [-0.3, -0.25) is 0 Å². The normalized spacial score (nSPS) is 15.0. The zero-order valence-electron chi connectivity index (χ0n) is 9.89. The molecule has 1 rings (SSSR count). The Labute approximate surface area is 90.4 Å². The molecule has 86 valence electrons. The maximum atomic E-state index is 13.0. The molecule has 1 atom stereocenters. The smallest absolute Gasteiger partial charge is 0.290 e. The number of methoxy groups -OCH3 is 1. The summed E-state index contributed by atoms with van der Waals surface area (Å²) in [5, 5.41) is 0. The summed E-state index contributed by atoms with van der Waals surface area (Å²) in [6.45, 7) is 6.33. The van der Waals surface area contributed by atoms with E-state index in [9.17, 15) is 4.39 Å². The predicted octanol–water partition coefficient (Wildman–Crippen LogP) is 3.90. The average Bonchev–Trinajstić information content (AvgIpc) is 2.60. The van der Waals surface area contributed by atoms with Gasteiger partial charge in [-0.15, -0.1) is 0 Å². The van der Waals surface area contributed by atoms with Gasteiger partial charge in [0.05, 0.1) is 7.11 Å². The molecule has 0 radical (unpaired) electrons. The van der Waals surface area contributed by atoms with E-state index in [1.807, 2.05) is 0 Å². The summed E-state index contributed by atoms with van der Waals surface area (Å²) in [5.41, 5.74) is 0.778. The van der Waals surface area contributed by atoms with Crippen molar-refractivity contribution in [1.29, 1.82) is 0 Å². The third-order valence-corrected chi connectivity index (χ3v) is 3.09. The van der Waals surface area contributed by atoms with E-state index in [1.165, 1.54) is 13.2 Å². The van der Waals surface area contributed by atoms with Crippen molar-refractivity contribution in [3.05, 3.63) is 17.6 Å². The van der Waals surface area contributed by atoms with Crippen LogP contribution in [0.1, 0.15) is 45.6 Å². The van der Waals surface area contributed by atoms with Crippen LogP contribution in [0.3, 0.4) is 0 Å². The number of rotatable bonds is 5. The number of hydrogen-bond acceptors (Lipinski definition) is 2. The Morgan fingerprint density at radius 3 is 2.60 bits per heavy atom. The highest BCUT2D eigenvalue weighted by molar-refractivity contribution is 5.31. The van der Waals surface area contributed by atoms with Crippen LogP contribution >= 0.6 is 0 Å². The molecule has 0 saturated carbocycles. The van der Waals surface area contributed by atoms with E-state index in [-0.39, 0.29) is 5.41 Å². The summed E-state index contributed by atoms with van der Waals surface area (Å²) in [4.78, 5) is 0. The van der Waals surface area contributed by atoms with Gasteiger partial charge in [-0.2, -0.15) is 4.39 Å². The van der Waals surface area contributed by atoms with Gasteiger partial charge < -0.3 is 9.15 Å². The lowest BCUT2D eigenvalue weighted by atomic mass is 9.77. The molecule has 0 saturated heterocycles. The molecule has 1 heterocycles. The van der Waals surface area contributed by atoms with Gasteiger partial charge in [0.1, 0.15) is 0 Å². The Bertz CT molecular complexity index is 319. The molecule has 1 unspecified atom stereocenters. The molecule has 0 aliphatic carbocycles. The monoisotopic (exact) mass is 214 g/mol. The van der Waals surface area contributed by atoms with Crippen molar-refractivity contribution in [3.63, 3.8) is 0 Å². The molecule has 2 nitrogen and oxygen atoms in total. The van der Waals surface area contributed by atoms with E-state index in [0.717, 1.165) is 24.8 Å². The maximum absolute atomic E-state index is 13.0. The summed E-state index contributed by atoms with van der Waals surface area (Å²) in [5.74, 6) is 0.310. The molecule has 0 amide bonds. The lowest BCUT2D eigenvalue weighted by Gasteiger charge is -2.26. The molecular formula is C12H19FO2. The summed E-state index contributed by atoms with van der Waals surface area (Å²) in [6, 6.07) is 0.871. The predicted molar refractivity (Wildman–Crippen MR) is 57.8 cm³/mol. The van der Waals surface area contributed by atoms with Crippen LogP contribution in [0.2, 0.25) is 0 Å². The number of furan rings is 1. The van der Waals surface area contributed by atoms with Crippen molar-refractivity contribution >= 4 is 0 Å². The Morgan fingerprint density at radius 1 is 1.47 bits per heavy atom. The van der Waals surface area contributed by atoms with Crippen LogP contribution in [0.25, 0.3) is 0 Å². The van der Waals surface area contributed by atoms with E-state index in [0.29, 0.717) is 5.95 Å². The first-order valence-electron chi connectivity index (χ1n) is 5.41. The fourth-order valence-corrected chi connectivity index (χ4v) is 1.97. The SMILES string of the molecule is CCCC(C)(CC)c1cc(F)oc1OC. The molecule has 1 aromatic heterocycles. The molecule has 0 aliphatic heterocycles. The van der Waals surface area contributed by atoms with E-state index in [4.69, 9.17) is 9.15 Å². The van der Waals surface area contributed by atoms with Gasteiger partial charge >= 0.3 is 0 Å². The largest absolute Gasteiger partial charge is 0.468 e. The van der Waals surface area contributed by atoms with Gasteiger partial charge in [-0.1, -0.05) is 27.2 Å². The van der Waals surface area contributed by atoms with Crippen LogP contribution in [0.5, 0.6) is 5.95 Å². The second kappa shape index (κ2) is 4.69. The number of ether oxygens (including phenoxy) is 1. The molecule has 1 aromatic rings. The van der Waals surface area contributed by atoms with Gasteiger partial charge in [0.15, 0.2) is 0 Å². The highest BCUT2D eigenvalue weighted by Crippen LogP contribution is 2.39. The minimum Gasteiger partial charge on any atom is -0.468 e. The van der Waals surface area contributed by atoms with E-state index >= 15 is 0 Å². The van der Waals surface area contributed by atoms with E-state index < -0.39 is 6.01 Å². The Kier molecular flexibility index (Phi) is 3.77. The zero-order valence-corrected chi connectivity index (χ0v) is 9.89. The number of hydrogen-bond donors (Lipinski definition) is 0. The molecule has 0 aliphatic rings. The second-order valence-electron chi connectivity index (χ2n) is 4.12. The van der Waals surface area contributed by atoms with Crippen LogP contribution < -0.4 is 4.74 Å². The topological polar surface area (TPSA) is 22.4 Å². The van der Waals surface area contributed by atoms with Crippen molar-refractivity contribution in [2.75, 3.05) is 7.11 Å². The second-order valence-corrected chi connectivity index (χ2v) is 4.12. The number of halogens is 1. The first kappa shape index (κ1) is 12.1. The minimum absolute atomic E-state index is 0.0616. The fraction of sp³-hybridized carbons (Fsp3) is 0.667. The Morgan fingerprint density at radius 2 is 2.13 bits per heavy atom. The molecule has 0 spiro atoms. The van der Waals surface area contributed by atoms with E-state index in [1.54, 1.807) is 0 Å². The third-order valence-electron chi connectivity index (χ3n) is 3.09. The van der Waals surface area contributed by atoms with Crippen molar-refractivity contribution in [2.45, 2.75) is 45.4 Å². The van der Waals surface area contributed by atoms with Crippen molar-refractivity contribution in [1.82, 2.24) is 0 Å². The lowest BCUT2D eigenvalue weighted by molar-refractivity contribution is 0.243. The van der Waals surface area contributed by atoms with Gasteiger partial charge in [-0.05, 0) is 18.3 Å². The summed E-state index contributed by atoms with van der Waals surface area (Å²) in [7, 11) is 1.50. The van der Waals surface area contributed by atoms with Crippen LogP contribution in [0.15, 0.2) is 10.5 Å². The van der Waals surface area contributed by atoms with Gasteiger partial charge in [0.25, 0.3) is 12.0 Å². The van der Waals surface area contributed by atoms with Crippen LogP contribution in [-0.4, -0.2) is 7.11 Å². The standard InChI is InChI=1S/C12H19FO2/c1-5-7-12(3,6-2)9-8-10(13)15-11(9)14-4/h8H,5-7H2,1-4H3. The van der Waals surface area contributed by atoms with Crippen LogP contribution in [-0.2, 0) is 5.41 Å². The van der Waals surface area contributed by atoms with Gasteiger partial charge in [0, 0.05) is 11.6 Å². The van der Waals surface area contributed by atoms with E-state index in [2.05, 4.69) is 20.8 Å². The van der Waals surface area contributed by atoms with Crippen LogP contribution in [0, 0.1) is 6.01 Å². The molecule has 0 aromatic carbocycles. The molecule has 0 fully saturated rings.